The summed E-state index contributed by atoms with van der Waals surface area (Å²) in [6.45, 7) is 3.20. The van der Waals surface area contributed by atoms with Gasteiger partial charge in [0.25, 0.3) is 11.5 Å². The summed E-state index contributed by atoms with van der Waals surface area (Å²) in [7, 11) is 0. The molecule has 5 aromatic rings. The Kier molecular flexibility index (Phi) is 8.12. The number of carbonyl (C=O) groups excluding carboxylic acids is 1. The minimum absolute atomic E-state index is 0.143. The molecule has 1 unspecified atom stereocenters. The van der Waals surface area contributed by atoms with E-state index in [0.29, 0.717) is 4.57 Å². The fraction of sp³-hybridized carbons (Fsp3) is 0.205. The van der Waals surface area contributed by atoms with Crippen molar-refractivity contribution in [3.63, 3.8) is 0 Å². The SMILES string of the molecule is CC1(C)OC2[C@H](O1)C(COC(c1ccccc1)(c1ccccc1)c1ccccc1)=C(F)[C@H]2n1ccc(=O)n(C(=O)c2ccccc2)c1=O. The third-order valence-corrected chi connectivity index (χ3v) is 8.87. The van der Waals surface area contributed by atoms with E-state index in [0.717, 1.165) is 27.3 Å². The maximum absolute atomic E-state index is 16.9. The molecule has 2 heterocycles. The van der Waals surface area contributed by atoms with Gasteiger partial charge in [-0.3, -0.25) is 14.2 Å². The van der Waals surface area contributed by atoms with Gasteiger partial charge in [0, 0.05) is 23.4 Å². The van der Waals surface area contributed by atoms with E-state index in [-0.39, 0.29) is 17.7 Å². The average Bonchev–Trinajstić information content (AvgIpc) is 3.55. The van der Waals surface area contributed by atoms with Crippen LogP contribution in [0.1, 0.15) is 46.9 Å². The number of fused-ring (bicyclic) bond motifs is 1. The highest BCUT2D eigenvalue weighted by Crippen LogP contribution is 2.49. The molecule has 0 amide bonds. The maximum Gasteiger partial charge on any atom is 0.338 e. The van der Waals surface area contributed by atoms with Crippen LogP contribution in [0.5, 0.6) is 0 Å². The first-order valence-electron chi connectivity index (χ1n) is 15.7. The maximum atomic E-state index is 16.9. The topological polar surface area (TPSA) is 88.8 Å². The highest BCUT2D eigenvalue weighted by Gasteiger charge is 2.55. The van der Waals surface area contributed by atoms with E-state index in [4.69, 9.17) is 14.2 Å². The largest absolute Gasteiger partial charge is 0.356 e. The molecular formula is C39H33FN2O6. The molecule has 0 bridgehead atoms. The van der Waals surface area contributed by atoms with Crippen molar-refractivity contribution in [2.24, 2.45) is 0 Å². The molecule has 0 saturated carbocycles. The summed E-state index contributed by atoms with van der Waals surface area (Å²) >= 11 is 0. The van der Waals surface area contributed by atoms with Crippen molar-refractivity contribution in [1.29, 1.82) is 0 Å². The highest BCUT2D eigenvalue weighted by atomic mass is 19.1. The van der Waals surface area contributed by atoms with Gasteiger partial charge in [-0.1, -0.05) is 109 Å². The second-order valence-corrected chi connectivity index (χ2v) is 12.3. The lowest BCUT2D eigenvalue weighted by Gasteiger charge is -2.36. The van der Waals surface area contributed by atoms with E-state index in [1.165, 1.54) is 18.3 Å². The molecule has 1 aliphatic heterocycles. The van der Waals surface area contributed by atoms with Gasteiger partial charge < -0.3 is 14.2 Å². The van der Waals surface area contributed by atoms with Crippen LogP contribution in [0.4, 0.5) is 4.39 Å². The quantitative estimate of drug-likeness (QED) is 0.193. The van der Waals surface area contributed by atoms with Crippen LogP contribution in [0.15, 0.2) is 155 Å². The molecule has 1 aliphatic carbocycles. The molecule has 1 aromatic heterocycles. The third kappa shape index (κ3) is 5.35. The van der Waals surface area contributed by atoms with Crippen LogP contribution in [-0.2, 0) is 19.8 Å². The lowest BCUT2D eigenvalue weighted by atomic mass is 9.80. The molecule has 1 fully saturated rings. The van der Waals surface area contributed by atoms with Gasteiger partial charge in [0.05, 0.1) is 6.61 Å². The second-order valence-electron chi connectivity index (χ2n) is 12.3. The summed E-state index contributed by atoms with van der Waals surface area (Å²) in [5, 5.41) is 0. The summed E-state index contributed by atoms with van der Waals surface area (Å²) in [5.74, 6) is -2.62. The fourth-order valence-corrected chi connectivity index (χ4v) is 6.75. The first-order chi connectivity index (χ1) is 23.2. The molecule has 48 heavy (non-hydrogen) atoms. The Morgan fingerprint density at radius 1 is 0.771 bits per heavy atom. The highest BCUT2D eigenvalue weighted by molar-refractivity contribution is 5.95. The van der Waals surface area contributed by atoms with Gasteiger partial charge in [0.1, 0.15) is 29.7 Å². The number of nitrogens with zero attached hydrogens (tertiary/aromatic N) is 2. The summed E-state index contributed by atoms with van der Waals surface area (Å²) in [4.78, 5) is 40.0. The van der Waals surface area contributed by atoms with Crippen molar-refractivity contribution in [1.82, 2.24) is 9.13 Å². The normalized spacial score (nSPS) is 20.1. The van der Waals surface area contributed by atoms with E-state index in [1.54, 1.807) is 32.0 Å². The van der Waals surface area contributed by atoms with Crippen LogP contribution in [0.25, 0.3) is 0 Å². The van der Waals surface area contributed by atoms with Crippen LogP contribution in [0.3, 0.4) is 0 Å². The molecule has 4 aromatic carbocycles. The van der Waals surface area contributed by atoms with E-state index in [2.05, 4.69) is 0 Å². The molecule has 0 N–H and O–H groups in total. The number of rotatable bonds is 8. The number of hydrogen-bond donors (Lipinski definition) is 0. The number of carbonyl (C=O) groups is 1. The molecule has 7 rings (SSSR count). The Morgan fingerprint density at radius 3 is 1.79 bits per heavy atom. The van der Waals surface area contributed by atoms with Gasteiger partial charge >= 0.3 is 5.69 Å². The lowest BCUT2D eigenvalue weighted by Crippen LogP contribution is -2.46. The molecule has 242 valence electrons. The van der Waals surface area contributed by atoms with E-state index in [1.807, 2.05) is 91.0 Å². The summed E-state index contributed by atoms with van der Waals surface area (Å²) in [5.41, 5.74) is -0.145. The number of hydrogen-bond acceptors (Lipinski definition) is 6. The van der Waals surface area contributed by atoms with Crippen LogP contribution in [-0.4, -0.2) is 39.6 Å². The zero-order chi connectivity index (χ0) is 33.5. The van der Waals surface area contributed by atoms with Gasteiger partial charge in [0.2, 0.25) is 0 Å². The van der Waals surface area contributed by atoms with E-state index >= 15 is 4.39 Å². The molecule has 3 atom stereocenters. The third-order valence-electron chi connectivity index (χ3n) is 8.87. The van der Waals surface area contributed by atoms with Gasteiger partial charge in [-0.15, -0.1) is 0 Å². The number of halogens is 1. The molecule has 0 radical (unpaired) electrons. The predicted octanol–water partition coefficient (Wildman–Crippen LogP) is 6.01. The average molecular weight is 645 g/mol. The lowest BCUT2D eigenvalue weighted by molar-refractivity contribution is -0.150. The summed E-state index contributed by atoms with van der Waals surface area (Å²) < 4.78 is 37.9. The van der Waals surface area contributed by atoms with Crippen LogP contribution in [0.2, 0.25) is 0 Å². The minimum Gasteiger partial charge on any atom is -0.356 e. The van der Waals surface area contributed by atoms with Crippen molar-refractivity contribution in [3.05, 3.63) is 188 Å². The smallest absolute Gasteiger partial charge is 0.338 e. The van der Waals surface area contributed by atoms with Gasteiger partial charge in [-0.05, 0) is 42.7 Å². The zero-order valence-corrected chi connectivity index (χ0v) is 26.4. The van der Waals surface area contributed by atoms with Crippen molar-refractivity contribution >= 4 is 5.91 Å². The van der Waals surface area contributed by atoms with Gasteiger partial charge in [-0.2, -0.15) is 4.57 Å². The number of ether oxygens (including phenoxy) is 3. The van der Waals surface area contributed by atoms with Crippen LogP contribution < -0.4 is 11.2 Å². The molecule has 2 aliphatic rings. The molecular weight excluding hydrogens is 611 g/mol. The monoisotopic (exact) mass is 644 g/mol. The fourth-order valence-electron chi connectivity index (χ4n) is 6.75. The molecule has 1 saturated heterocycles. The first-order valence-corrected chi connectivity index (χ1v) is 15.7. The molecule has 8 nitrogen and oxygen atoms in total. The predicted molar refractivity (Wildman–Crippen MR) is 177 cm³/mol. The summed E-state index contributed by atoms with van der Waals surface area (Å²) in [6.07, 6.45) is -0.697. The number of benzene rings is 4. The van der Waals surface area contributed by atoms with Gasteiger partial charge in [-0.25, -0.2) is 9.18 Å². The molecule has 9 heteroatoms. The van der Waals surface area contributed by atoms with Crippen molar-refractivity contribution in [3.8, 4) is 0 Å². The number of aromatic nitrogens is 2. The summed E-state index contributed by atoms with van der Waals surface area (Å²) in [6, 6.07) is 36.9. The van der Waals surface area contributed by atoms with Crippen LogP contribution in [0, 0.1) is 0 Å². The molecule has 0 spiro atoms. The van der Waals surface area contributed by atoms with Crippen molar-refractivity contribution in [2.45, 2.75) is 43.5 Å². The van der Waals surface area contributed by atoms with E-state index < -0.39 is 52.6 Å². The van der Waals surface area contributed by atoms with Crippen molar-refractivity contribution < 1.29 is 23.4 Å². The first kappa shape index (κ1) is 31.4. The van der Waals surface area contributed by atoms with Crippen molar-refractivity contribution in [2.75, 3.05) is 6.61 Å². The Morgan fingerprint density at radius 2 is 1.27 bits per heavy atom. The van der Waals surface area contributed by atoms with E-state index in [9.17, 15) is 14.4 Å². The van der Waals surface area contributed by atoms with Gasteiger partial charge in [0.15, 0.2) is 5.79 Å². The minimum atomic E-state index is -1.32. The van der Waals surface area contributed by atoms with Crippen LogP contribution >= 0.6 is 0 Å². The Labute approximate surface area is 276 Å². The second kappa shape index (κ2) is 12.4. The zero-order valence-electron chi connectivity index (χ0n) is 26.4. The Balaban J connectivity index is 1.35. The Hall–Kier alpha value is -5.22. The standard InChI is InChI=1S/C39H33FN2O6/c1-38(2)47-34-30(25-46-39(27-17-9-4-10-18-27,28-19-11-5-12-20-28)29-21-13-6-14-22-29)32(40)33(35(34)48-38)41-24-23-31(43)42(37(41)45)36(44)26-15-7-3-8-16-26/h3-24,33-35H,25H2,1-2H3/t33-,34-,35?/m1/s1. The Bertz CT molecular complexity index is 2000.